The van der Waals surface area contributed by atoms with Gasteiger partial charge >= 0.3 is 0 Å². The second kappa shape index (κ2) is 6.58. The number of nitriles is 1. The molecule has 3 rings (SSSR count). The van der Waals surface area contributed by atoms with Gasteiger partial charge in [0.15, 0.2) is 5.82 Å². The van der Waals surface area contributed by atoms with E-state index < -0.39 is 0 Å². The van der Waals surface area contributed by atoms with Gasteiger partial charge in [0.25, 0.3) is 5.91 Å². The molecule has 1 amide bonds. The van der Waals surface area contributed by atoms with E-state index in [0.29, 0.717) is 35.9 Å². The first-order chi connectivity index (χ1) is 11.3. The van der Waals surface area contributed by atoms with Gasteiger partial charge in [0.2, 0.25) is 0 Å². The Hall–Kier alpha value is -3.40. The zero-order valence-corrected chi connectivity index (χ0v) is 12.2. The Labute approximate surface area is 132 Å². The summed E-state index contributed by atoms with van der Waals surface area (Å²) in [5, 5.41) is 18.5. The third-order valence-corrected chi connectivity index (χ3v) is 3.28. The molecule has 3 N–H and O–H groups in total. The van der Waals surface area contributed by atoms with Crippen LogP contribution >= 0.6 is 0 Å². The molecule has 2 aromatic heterocycles. The number of hydrogen-bond donors (Lipinski definition) is 3. The maximum atomic E-state index is 11.9. The molecule has 114 valence electrons. The lowest BCUT2D eigenvalue weighted by Crippen LogP contribution is -2.25. The second-order valence-electron chi connectivity index (χ2n) is 4.89. The van der Waals surface area contributed by atoms with E-state index in [4.69, 9.17) is 5.26 Å². The number of H-pyrrole nitrogens is 2. The van der Waals surface area contributed by atoms with Gasteiger partial charge in [0, 0.05) is 24.7 Å². The maximum Gasteiger partial charge on any atom is 0.252 e. The fraction of sp³-hybridized carbons (Fsp3) is 0.125. The molecule has 0 radical (unpaired) electrons. The van der Waals surface area contributed by atoms with E-state index in [2.05, 4.69) is 25.5 Å². The standard InChI is InChI=1S/C16H14N6O/c17-9-13-8-12(10-19-13)16(23)18-7-6-14-20-15(22-21-14)11-4-2-1-3-5-11/h1-5,8,10,19H,6-7H2,(H,18,23)(H,20,21,22). The maximum absolute atomic E-state index is 11.9. The van der Waals surface area contributed by atoms with Gasteiger partial charge in [-0.1, -0.05) is 30.3 Å². The molecule has 0 spiro atoms. The summed E-state index contributed by atoms with van der Waals surface area (Å²) in [5.74, 6) is 1.11. The van der Waals surface area contributed by atoms with Crippen molar-refractivity contribution in [2.45, 2.75) is 6.42 Å². The number of nitrogens with zero attached hydrogens (tertiary/aromatic N) is 3. The number of aromatic amines is 2. The number of aromatic nitrogens is 4. The summed E-state index contributed by atoms with van der Waals surface area (Å²) in [6, 6.07) is 13.1. The van der Waals surface area contributed by atoms with Crippen molar-refractivity contribution >= 4 is 5.91 Å². The van der Waals surface area contributed by atoms with E-state index in [1.807, 2.05) is 36.4 Å². The van der Waals surface area contributed by atoms with Gasteiger partial charge < -0.3 is 10.3 Å². The van der Waals surface area contributed by atoms with Gasteiger partial charge in [-0.3, -0.25) is 9.89 Å². The predicted octanol–water partition coefficient (Wildman–Crippen LogP) is 1.64. The van der Waals surface area contributed by atoms with Crippen molar-refractivity contribution in [3.8, 4) is 17.5 Å². The topological polar surface area (TPSA) is 110 Å². The van der Waals surface area contributed by atoms with Crippen molar-refractivity contribution in [1.82, 2.24) is 25.5 Å². The zero-order valence-electron chi connectivity index (χ0n) is 12.2. The predicted molar refractivity (Wildman–Crippen MR) is 83.4 cm³/mol. The summed E-state index contributed by atoms with van der Waals surface area (Å²) in [6.45, 7) is 0.426. The Morgan fingerprint density at radius 2 is 2.13 bits per heavy atom. The molecule has 1 aromatic carbocycles. The lowest BCUT2D eigenvalue weighted by Gasteiger charge is -2.01. The number of carbonyl (C=O) groups excluding carboxylic acids is 1. The number of hydrogen-bond acceptors (Lipinski definition) is 4. The molecular weight excluding hydrogens is 292 g/mol. The third kappa shape index (κ3) is 3.44. The van der Waals surface area contributed by atoms with E-state index >= 15 is 0 Å². The third-order valence-electron chi connectivity index (χ3n) is 3.28. The van der Waals surface area contributed by atoms with Crippen molar-refractivity contribution in [1.29, 1.82) is 5.26 Å². The van der Waals surface area contributed by atoms with Crippen molar-refractivity contribution in [2.75, 3.05) is 6.54 Å². The molecule has 0 bridgehead atoms. The summed E-state index contributed by atoms with van der Waals surface area (Å²) in [6.07, 6.45) is 2.05. The highest BCUT2D eigenvalue weighted by molar-refractivity contribution is 5.94. The molecule has 3 aromatic rings. The minimum absolute atomic E-state index is 0.231. The molecule has 23 heavy (non-hydrogen) atoms. The fourth-order valence-corrected chi connectivity index (χ4v) is 2.11. The normalized spacial score (nSPS) is 10.2. The number of amides is 1. The molecule has 0 unspecified atom stereocenters. The molecule has 7 heteroatoms. The average Bonchev–Trinajstić information content (AvgIpc) is 3.25. The molecule has 2 heterocycles. The highest BCUT2D eigenvalue weighted by atomic mass is 16.1. The Balaban J connectivity index is 1.54. The molecule has 0 aliphatic rings. The Bertz CT molecular complexity index is 843. The lowest BCUT2D eigenvalue weighted by atomic mass is 10.2. The van der Waals surface area contributed by atoms with Crippen LogP contribution in [0.4, 0.5) is 0 Å². The van der Waals surface area contributed by atoms with Crippen LogP contribution in [-0.2, 0) is 6.42 Å². The van der Waals surface area contributed by atoms with Gasteiger partial charge in [-0.05, 0) is 6.07 Å². The van der Waals surface area contributed by atoms with Crippen LogP contribution in [0.5, 0.6) is 0 Å². The lowest BCUT2D eigenvalue weighted by molar-refractivity contribution is 0.0954. The van der Waals surface area contributed by atoms with E-state index in [9.17, 15) is 4.79 Å². The average molecular weight is 306 g/mol. The molecule has 0 aliphatic carbocycles. The van der Waals surface area contributed by atoms with E-state index in [1.165, 1.54) is 12.3 Å². The van der Waals surface area contributed by atoms with Crippen LogP contribution in [0.1, 0.15) is 21.9 Å². The smallest absolute Gasteiger partial charge is 0.252 e. The van der Waals surface area contributed by atoms with Gasteiger partial charge in [-0.25, -0.2) is 4.98 Å². The van der Waals surface area contributed by atoms with Crippen LogP contribution in [0.25, 0.3) is 11.4 Å². The summed E-state index contributed by atoms with van der Waals surface area (Å²) in [5.41, 5.74) is 1.73. The van der Waals surface area contributed by atoms with E-state index in [0.717, 1.165) is 5.56 Å². The largest absolute Gasteiger partial charge is 0.352 e. The van der Waals surface area contributed by atoms with Crippen LogP contribution in [0.2, 0.25) is 0 Å². The van der Waals surface area contributed by atoms with Gasteiger partial charge in [0.05, 0.1) is 5.56 Å². The molecule has 0 atom stereocenters. The van der Waals surface area contributed by atoms with Crippen LogP contribution in [0.15, 0.2) is 42.6 Å². The van der Waals surface area contributed by atoms with Crippen LogP contribution in [-0.4, -0.2) is 32.6 Å². The van der Waals surface area contributed by atoms with Crippen molar-refractivity contribution < 1.29 is 4.79 Å². The van der Waals surface area contributed by atoms with Crippen LogP contribution in [0, 0.1) is 11.3 Å². The van der Waals surface area contributed by atoms with Crippen molar-refractivity contribution in [3.63, 3.8) is 0 Å². The highest BCUT2D eigenvalue weighted by Gasteiger charge is 2.09. The summed E-state index contributed by atoms with van der Waals surface area (Å²) < 4.78 is 0. The Morgan fingerprint density at radius 3 is 2.87 bits per heavy atom. The highest BCUT2D eigenvalue weighted by Crippen LogP contribution is 2.13. The van der Waals surface area contributed by atoms with Gasteiger partial charge in [-0.2, -0.15) is 10.4 Å². The fourth-order valence-electron chi connectivity index (χ4n) is 2.11. The Kier molecular flexibility index (Phi) is 4.16. The molecule has 0 aliphatic heterocycles. The second-order valence-corrected chi connectivity index (χ2v) is 4.89. The first-order valence-electron chi connectivity index (χ1n) is 7.09. The molecule has 7 nitrogen and oxygen atoms in total. The number of benzene rings is 1. The van der Waals surface area contributed by atoms with Crippen molar-refractivity contribution in [3.05, 3.63) is 59.7 Å². The quantitative estimate of drug-likeness (QED) is 0.665. The van der Waals surface area contributed by atoms with E-state index in [1.54, 1.807) is 0 Å². The first-order valence-corrected chi connectivity index (χ1v) is 7.09. The summed E-state index contributed by atoms with van der Waals surface area (Å²) in [4.78, 5) is 19.0. The molecule has 0 fully saturated rings. The van der Waals surface area contributed by atoms with E-state index in [-0.39, 0.29) is 5.91 Å². The minimum Gasteiger partial charge on any atom is -0.352 e. The molecule has 0 saturated carbocycles. The molecule has 0 saturated heterocycles. The first kappa shape index (κ1) is 14.5. The number of carbonyl (C=O) groups is 1. The summed E-state index contributed by atoms with van der Waals surface area (Å²) in [7, 11) is 0. The Morgan fingerprint density at radius 1 is 1.30 bits per heavy atom. The van der Waals surface area contributed by atoms with Crippen LogP contribution in [0.3, 0.4) is 0 Å². The number of rotatable bonds is 5. The molecular formula is C16H14N6O. The minimum atomic E-state index is -0.231. The van der Waals surface area contributed by atoms with Gasteiger partial charge in [-0.15, -0.1) is 0 Å². The summed E-state index contributed by atoms with van der Waals surface area (Å²) >= 11 is 0. The van der Waals surface area contributed by atoms with Crippen LogP contribution < -0.4 is 5.32 Å². The zero-order chi connectivity index (χ0) is 16.1. The van der Waals surface area contributed by atoms with Crippen molar-refractivity contribution in [2.24, 2.45) is 0 Å². The number of nitrogens with one attached hydrogen (secondary N) is 3. The van der Waals surface area contributed by atoms with Gasteiger partial charge in [0.1, 0.15) is 17.6 Å². The monoisotopic (exact) mass is 306 g/mol. The SMILES string of the molecule is N#Cc1cc(C(=O)NCCc2nc(-c3ccccc3)n[nH]2)c[nH]1.